The molecule has 7 heteroatoms. The Kier molecular flexibility index (Phi) is 5.72. The van der Waals surface area contributed by atoms with Crippen molar-refractivity contribution < 1.29 is 24.9 Å². The highest BCUT2D eigenvalue weighted by Gasteiger charge is 2.16. The zero-order chi connectivity index (χ0) is 22.7. The highest BCUT2D eigenvalue weighted by Crippen LogP contribution is 2.37. The third kappa shape index (κ3) is 4.37. The molecule has 0 bridgehead atoms. The van der Waals surface area contributed by atoms with Gasteiger partial charge in [-0.2, -0.15) is 0 Å². The maximum atomic E-state index is 12.6. The van der Waals surface area contributed by atoms with Gasteiger partial charge in [-0.05, 0) is 52.9 Å². The molecule has 0 aliphatic rings. The first-order chi connectivity index (χ1) is 15.4. The van der Waals surface area contributed by atoms with Crippen molar-refractivity contribution in [1.29, 1.82) is 0 Å². The van der Waals surface area contributed by atoms with E-state index in [1.807, 2.05) is 6.07 Å². The number of phenols is 2. The second-order valence-electron chi connectivity index (χ2n) is 7.38. The van der Waals surface area contributed by atoms with Crippen LogP contribution in [0.3, 0.4) is 0 Å². The van der Waals surface area contributed by atoms with E-state index >= 15 is 0 Å². The van der Waals surface area contributed by atoms with Crippen molar-refractivity contribution in [1.82, 2.24) is 10.3 Å². The van der Waals surface area contributed by atoms with Crippen molar-refractivity contribution in [3.05, 3.63) is 101 Å². The molecular weight excluding hydrogens is 408 g/mol. The molecule has 4 rings (SSSR count). The summed E-state index contributed by atoms with van der Waals surface area (Å²) in [7, 11) is 0. The molecule has 7 nitrogen and oxygen atoms in total. The minimum absolute atomic E-state index is 0.0777. The fraction of sp³-hybridized carbons (Fsp3) is 0.0800. The molecule has 4 aromatic rings. The van der Waals surface area contributed by atoms with Gasteiger partial charge >= 0.3 is 5.97 Å². The molecule has 0 spiro atoms. The van der Waals surface area contributed by atoms with E-state index in [1.54, 1.807) is 48.8 Å². The standard InChI is InChI=1S/C25H20N2O5/c28-22-12-18-7-8-19(24(30)27-14-16-2-1-9-26-13-16)11-20(18)23(29)21(22)10-15-3-5-17(6-4-15)25(31)32/h1-9,11-13,28-29H,10,14H2,(H,27,30)(H,31,32). The lowest BCUT2D eigenvalue weighted by molar-refractivity contribution is 0.0696. The third-order valence-corrected chi connectivity index (χ3v) is 5.22. The number of fused-ring (bicyclic) bond motifs is 1. The molecule has 4 N–H and O–H groups in total. The molecule has 0 fully saturated rings. The summed E-state index contributed by atoms with van der Waals surface area (Å²) in [5.41, 5.74) is 2.42. The normalized spacial score (nSPS) is 10.8. The van der Waals surface area contributed by atoms with Gasteiger partial charge in [0.15, 0.2) is 0 Å². The van der Waals surface area contributed by atoms with Gasteiger partial charge < -0.3 is 20.6 Å². The molecular formula is C25H20N2O5. The number of nitrogens with one attached hydrogen (secondary N) is 1. The molecule has 0 radical (unpaired) electrons. The minimum Gasteiger partial charge on any atom is -0.507 e. The molecule has 0 atom stereocenters. The van der Waals surface area contributed by atoms with Crippen molar-refractivity contribution in [2.75, 3.05) is 0 Å². The molecule has 0 aliphatic heterocycles. The first kappa shape index (κ1) is 20.9. The number of carboxylic acid groups (broad SMARTS) is 1. The Morgan fingerprint density at radius 3 is 2.34 bits per heavy atom. The molecule has 0 saturated heterocycles. The van der Waals surface area contributed by atoms with Crippen molar-refractivity contribution in [3.63, 3.8) is 0 Å². The fourth-order valence-electron chi connectivity index (χ4n) is 3.48. The number of nitrogens with zero attached hydrogens (tertiary/aromatic N) is 1. The highest BCUT2D eigenvalue weighted by atomic mass is 16.4. The first-order valence-corrected chi connectivity index (χ1v) is 9.89. The van der Waals surface area contributed by atoms with Crippen LogP contribution in [0.1, 0.15) is 37.4 Å². The van der Waals surface area contributed by atoms with Gasteiger partial charge in [0.25, 0.3) is 5.91 Å². The van der Waals surface area contributed by atoms with Gasteiger partial charge in [-0.15, -0.1) is 0 Å². The Balaban J connectivity index is 1.61. The summed E-state index contributed by atoms with van der Waals surface area (Å²) >= 11 is 0. The predicted octanol–water partition coefficient (Wildman–Crippen LogP) is 3.87. The summed E-state index contributed by atoms with van der Waals surface area (Å²) in [6, 6.07) is 16.3. The number of aromatic nitrogens is 1. The number of hydrogen-bond donors (Lipinski definition) is 4. The van der Waals surface area contributed by atoms with Crippen LogP contribution in [0.2, 0.25) is 0 Å². The van der Waals surface area contributed by atoms with Crippen LogP contribution < -0.4 is 5.32 Å². The Labute approximate surface area is 183 Å². The van der Waals surface area contributed by atoms with Crippen LogP contribution in [0, 0.1) is 0 Å². The second-order valence-corrected chi connectivity index (χ2v) is 7.38. The van der Waals surface area contributed by atoms with Gasteiger partial charge in [0.05, 0.1) is 5.56 Å². The molecule has 3 aromatic carbocycles. The van der Waals surface area contributed by atoms with Crippen LogP contribution >= 0.6 is 0 Å². The van der Waals surface area contributed by atoms with Crippen LogP contribution in [0.5, 0.6) is 11.5 Å². The smallest absolute Gasteiger partial charge is 0.335 e. The Bertz CT molecular complexity index is 1300. The predicted molar refractivity (Wildman–Crippen MR) is 119 cm³/mol. The number of aromatic hydroxyl groups is 2. The summed E-state index contributed by atoms with van der Waals surface area (Å²) in [6.45, 7) is 0.323. The average Bonchev–Trinajstić information content (AvgIpc) is 2.81. The Morgan fingerprint density at radius 2 is 1.66 bits per heavy atom. The zero-order valence-electron chi connectivity index (χ0n) is 16.9. The largest absolute Gasteiger partial charge is 0.507 e. The van der Waals surface area contributed by atoms with E-state index in [1.165, 1.54) is 18.2 Å². The van der Waals surface area contributed by atoms with Gasteiger partial charge in [0.1, 0.15) is 11.5 Å². The molecule has 1 aromatic heterocycles. The third-order valence-electron chi connectivity index (χ3n) is 5.22. The maximum absolute atomic E-state index is 12.6. The fourth-order valence-corrected chi connectivity index (χ4v) is 3.48. The molecule has 160 valence electrons. The van der Waals surface area contributed by atoms with Crippen molar-refractivity contribution in [2.45, 2.75) is 13.0 Å². The molecule has 0 saturated carbocycles. The summed E-state index contributed by atoms with van der Waals surface area (Å²) in [6.07, 6.45) is 3.53. The monoisotopic (exact) mass is 428 g/mol. The second kappa shape index (κ2) is 8.77. The van der Waals surface area contributed by atoms with E-state index in [0.717, 1.165) is 11.1 Å². The van der Waals surface area contributed by atoms with Crippen LogP contribution in [-0.2, 0) is 13.0 Å². The highest BCUT2D eigenvalue weighted by molar-refractivity contribution is 6.01. The van der Waals surface area contributed by atoms with E-state index in [-0.39, 0.29) is 29.4 Å². The molecule has 1 heterocycles. The number of amides is 1. The SMILES string of the molecule is O=C(O)c1ccc(Cc2c(O)cc3ccc(C(=O)NCc4cccnc4)cc3c2O)cc1. The average molecular weight is 428 g/mol. The number of carbonyl (C=O) groups excluding carboxylic acids is 1. The van der Waals surface area contributed by atoms with Crippen LogP contribution in [0.4, 0.5) is 0 Å². The number of pyridine rings is 1. The zero-order valence-corrected chi connectivity index (χ0v) is 16.9. The Morgan fingerprint density at radius 1 is 0.906 bits per heavy atom. The van der Waals surface area contributed by atoms with E-state index in [2.05, 4.69) is 10.3 Å². The Hall–Kier alpha value is -4.39. The molecule has 0 aliphatic carbocycles. The van der Waals surface area contributed by atoms with Gasteiger partial charge in [-0.1, -0.05) is 24.3 Å². The van der Waals surface area contributed by atoms with Crippen molar-refractivity contribution >= 4 is 22.6 Å². The minimum atomic E-state index is -1.03. The number of carbonyl (C=O) groups is 2. The van der Waals surface area contributed by atoms with Crippen molar-refractivity contribution in [3.8, 4) is 11.5 Å². The van der Waals surface area contributed by atoms with Crippen LogP contribution in [-0.4, -0.2) is 32.2 Å². The number of benzene rings is 3. The summed E-state index contributed by atoms with van der Waals surface area (Å²) in [5, 5.41) is 34.2. The number of rotatable bonds is 6. The van der Waals surface area contributed by atoms with Gasteiger partial charge in [0, 0.05) is 41.9 Å². The van der Waals surface area contributed by atoms with E-state index in [4.69, 9.17) is 5.11 Å². The van der Waals surface area contributed by atoms with E-state index < -0.39 is 5.97 Å². The van der Waals surface area contributed by atoms with E-state index in [0.29, 0.717) is 28.4 Å². The number of aromatic carboxylic acids is 1. The lowest BCUT2D eigenvalue weighted by Crippen LogP contribution is -2.22. The number of carboxylic acids is 1. The molecule has 1 amide bonds. The summed E-state index contributed by atoms with van der Waals surface area (Å²) < 4.78 is 0. The van der Waals surface area contributed by atoms with Gasteiger partial charge in [0.2, 0.25) is 0 Å². The topological polar surface area (TPSA) is 120 Å². The summed E-state index contributed by atoms with van der Waals surface area (Å²) in [4.78, 5) is 27.6. The van der Waals surface area contributed by atoms with Crippen LogP contribution in [0.15, 0.2) is 73.1 Å². The lowest BCUT2D eigenvalue weighted by Gasteiger charge is -2.12. The molecule has 32 heavy (non-hydrogen) atoms. The first-order valence-electron chi connectivity index (χ1n) is 9.89. The van der Waals surface area contributed by atoms with Crippen molar-refractivity contribution in [2.24, 2.45) is 0 Å². The van der Waals surface area contributed by atoms with E-state index in [9.17, 15) is 19.8 Å². The summed E-state index contributed by atoms with van der Waals surface area (Å²) in [5.74, 6) is -1.52. The number of phenolic OH excluding ortho intramolecular Hbond substituents is 2. The lowest BCUT2D eigenvalue weighted by atomic mass is 9.96. The van der Waals surface area contributed by atoms with Crippen LogP contribution in [0.25, 0.3) is 10.8 Å². The van der Waals surface area contributed by atoms with Gasteiger partial charge in [-0.25, -0.2) is 4.79 Å². The quantitative estimate of drug-likeness (QED) is 0.370. The maximum Gasteiger partial charge on any atom is 0.335 e. The molecule has 0 unspecified atom stereocenters. The number of hydrogen-bond acceptors (Lipinski definition) is 5. The van der Waals surface area contributed by atoms with Gasteiger partial charge in [-0.3, -0.25) is 9.78 Å².